The topological polar surface area (TPSA) is 75.2 Å². The minimum absolute atomic E-state index is 0.0336. The van der Waals surface area contributed by atoms with Crippen LogP contribution < -0.4 is 4.74 Å². The fraction of sp³-hybridized carbons (Fsp3) is 0.231. The maximum absolute atomic E-state index is 13.6. The van der Waals surface area contributed by atoms with Crippen LogP contribution in [0.1, 0.15) is 23.1 Å². The van der Waals surface area contributed by atoms with Crippen LogP contribution in [0.2, 0.25) is 0 Å². The normalized spacial score (nSPS) is 10.5. The second-order valence-corrected chi connectivity index (χ2v) is 3.92. The van der Waals surface area contributed by atoms with Gasteiger partial charge in [0.25, 0.3) is 0 Å². The Balaban J connectivity index is 2.47. The smallest absolute Gasteiger partial charge is 0.356 e. The molecule has 0 aliphatic carbocycles. The predicted octanol–water partition coefficient (Wildman–Crippen LogP) is 2.48. The number of carbonyl (C=O) groups is 1. The number of hydrogen-bond acceptors (Lipinski definition) is 3. The summed E-state index contributed by atoms with van der Waals surface area (Å²) in [6, 6.07) is 4.34. The summed E-state index contributed by atoms with van der Waals surface area (Å²) in [5.41, 5.74) is 0.952. The molecule has 0 aliphatic heterocycles. The highest BCUT2D eigenvalue weighted by Crippen LogP contribution is 2.24. The van der Waals surface area contributed by atoms with Crippen LogP contribution in [0, 0.1) is 5.82 Å². The highest BCUT2D eigenvalue weighted by atomic mass is 19.1. The lowest BCUT2D eigenvalue weighted by atomic mass is 10.2. The maximum Gasteiger partial charge on any atom is 0.356 e. The number of carboxylic acid groups (broad SMARTS) is 1. The number of carboxylic acids is 1. The van der Waals surface area contributed by atoms with Gasteiger partial charge in [-0.3, -0.25) is 0 Å². The van der Waals surface area contributed by atoms with E-state index in [1.807, 2.05) is 6.92 Å². The number of nitrogens with zero attached hydrogens (tertiary/aromatic N) is 1. The molecule has 1 heterocycles. The summed E-state index contributed by atoms with van der Waals surface area (Å²) in [5.74, 6) is -1.17. The van der Waals surface area contributed by atoms with Crippen LogP contribution in [-0.2, 0) is 6.42 Å². The average molecular weight is 264 g/mol. The van der Waals surface area contributed by atoms with Gasteiger partial charge in [0.15, 0.2) is 17.3 Å². The van der Waals surface area contributed by atoms with Gasteiger partial charge < -0.3 is 14.8 Å². The summed E-state index contributed by atoms with van der Waals surface area (Å²) in [5, 5.41) is 9.02. The summed E-state index contributed by atoms with van der Waals surface area (Å²) < 4.78 is 18.4. The zero-order valence-corrected chi connectivity index (χ0v) is 10.5. The first-order valence-electron chi connectivity index (χ1n) is 5.72. The van der Waals surface area contributed by atoms with Gasteiger partial charge in [-0.05, 0) is 24.6 Å². The van der Waals surface area contributed by atoms with E-state index in [0.29, 0.717) is 23.5 Å². The van der Waals surface area contributed by atoms with Crippen molar-refractivity contribution in [3.05, 3.63) is 35.4 Å². The van der Waals surface area contributed by atoms with Gasteiger partial charge in [-0.25, -0.2) is 14.2 Å². The minimum Gasteiger partial charge on any atom is -0.494 e. The molecule has 2 rings (SSSR count). The Bertz CT molecular complexity index is 622. The van der Waals surface area contributed by atoms with E-state index in [-0.39, 0.29) is 11.4 Å². The van der Waals surface area contributed by atoms with Gasteiger partial charge in [-0.15, -0.1) is 0 Å². The first kappa shape index (κ1) is 13.1. The van der Waals surface area contributed by atoms with Crippen molar-refractivity contribution < 1.29 is 19.0 Å². The van der Waals surface area contributed by atoms with Crippen LogP contribution in [0.25, 0.3) is 11.4 Å². The standard InChI is InChI=1S/C13H13FN2O3/c1-3-9-11(13(17)18)16-12(15-9)7-4-5-10(19-2)8(14)6-7/h4-6H,3H2,1-2H3,(H,15,16)(H,17,18). The first-order chi connectivity index (χ1) is 9.06. The lowest BCUT2D eigenvalue weighted by Gasteiger charge is -2.02. The number of H-pyrrole nitrogens is 1. The third-order valence-electron chi connectivity index (χ3n) is 2.76. The van der Waals surface area contributed by atoms with Crippen molar-refractivity contribution in [2.45, 2.75) is 13.3 Å². The number of nitrogens with one attached hydrogen (secondary N) is 1. The number of aromatic carboxylic acids is 1. The highest BCUT2D eigenvalue weighted by molar-refractivity contribution is 5.87. The summed E-state index contributed by atoms with van der Waals surface area (Å²) in [4.78, 5) is 17.9. The van der Waals surface area contributed by atoms with Gasteiger partial charge in [0, 0.05) is 11.3 Å². The van der Waals surface area contributed by atoms with E-state index in [4.69, 9.17) is 9.84 Å². The van der Waals surface area contributed by atoms with Crippen LogP contribution in [0.3, 0.4) is 0 Å². The molecule has 19 heavy (non-hydrogen) atoms. The Kier molecular flexibility index (Phi) is 3.50. The van der Waals surface area contributed by atoms with Crippen molar-refractivity contribution in [2.24, 2.45) is 0 Å². The van der Waals surface area contributed by atoms with Gasteiger partial charge in [-0.2, -0.15) is 0 Å². The zero-order chi connectivity index (χ0) is 14.0. The summed E-state index contributed by atoms with van der Waals surface area (Å²) in [6.07, 6.45) is 0.507. The molecule has 0 aliphatic rings. The fourth-order valence-corrected chi connectivity index (χ4v) is 1.79. The van der Waals surface area contributed by atoms with Gasteiger partial charge in [0.2, 0.25) is 0 Å². The van der Waals surface area contributed by atoms with Crippen LogP contribution in [0.4, 0.5) is 4.39 Å². The number of aryl methyl sites for hydroxylation is 1. The van der Waals surface area contributed by atoms with Crippen molar-refractivity contribution in [2.75, 3.05) is 7.11 Å². The van der Waals surface area contributed by atoms with Gasteiger partial charge in [-0.1, -0.05) is 6.92 Å². The fourth-order valence-electron chi connectivity index (χ4n) is 1.79. The molecule has 2 aromatic rings. The van der Waals surface area contributed by atoms with E-state index in [1.165, 1.54) is 19.2 Å². The molecular formula is C13H13FN2O3. The second kappa shape index (κ2) is 5.09. The SMILES string of the molecule is CCc1[nH]c(-c2ccc(OC)c(F)c2)nc1C(=O)O. The predicted molar refractivity (Wildman–Crippen MR) is 66.9 cm³/mol. The molecule has 1 aromatic carbocycles. The number of ether oxygens (including phenoxy) is 1. The van der Waals surface area contributed by atoms with Crippen LogP contribution in [-0.4, -0.2) is 28.2 Å². The van der Waals surface area contributed by atoms with Gasteiger partial charge in [0.1, 0.15) is 5.82 Å². The average Bonchev–Trinajstić information content (AvgIpc) is 2.83. The van der Waals surface area contributed by atoms with E-state index >= 15 is 0 Å². The molecule has 0 saturated carbocycles. The van der Waals surface area contributed by atoms with Gasteiger partial charge in [0.05, 0.1) is 7.11 Å². The molecule has 100 valence electrons. The molecule has 0 unspecified atom stereocenters. The number of imidazole rings is 1. The number of methoxy groups -OCH3 is 1. The molecule has 1 aromatic heterocycles. The van der Waals surface area contributed by atoms with Crippen molar-refractivity contribution in [3.63, 3.8) is 0 Å². The number of halogens is 1. The van der Waals surface area contributed by atoms with Crippen LogP contribution in [0.5, 0.6) is 5.75 Å². The number of aromatic amines is 1. The lowest BCUT2D eigenvalue weighted by Crippen LogP contribution is -2.00. The minimum atomic E-state index is -1.10. The van der Waals surface area contributed by atoms with Crippen LogP contribution >= 0.6 is 0 Å². The Morgan fingerprint density at radius 3 is 2.74 bits per heavy atom. The molecule has 6 heteroatoms. The number of hydrogen-bond donors (Lipinski definition) is 2. The Morgan fingerprint density at radius 2 is 2.26 bits per heavy atom. The van der Waals surface area contributed by atoms with Crippen molar-refractivity contribution in [3.8, 4) is 17.1 Å². The maximum atomic E-state index is 13.6. The van der Waals surface area contributed by atoms with E-state index in [0.717, 1.165) is 0 Å². The molecule has 0 spiro atoms. The molecule has 0 bridgehead atoms. The van der Waals surface area contributed by atoms with E-state index in [2.05, 4.69) is 9.97 Å². The zero-order valence-electron chi connectivity index (χ0n) is 10.5. The summed E-state index contributed by atoms with van der Waals surface area (Å²) in [6.45, 7) is 1.82. The largest absolute Gasteiger partial charge is 0.494 e. The molecule has 2 N–H and O–H groups in total. The third-order valence-corrected chi connectivity index (χ3v) is 2.76. The highest BCUT2D eigenvalue weighted by Gasteiger charge is 2.17. The van der Waals surface area contributed by atoms with E-state index in [1.54, 1.807) is 6.07 Å². The van der Waals surface area contributed by atoms with Gasteiger partial charge >= 0.3 is 5.97 Å². The molecule has 0 fully saturated rings. The van der Waals surface area contributed by atoms with Crippen LogP contribution in [0.15, 0.2) is 18.2 Å². The molecule has 0 saturated heterocycles. The lowest BCUT2D eigenvalue weighted by molar-refractivity contribution is 0.0690. The number of rotatable bonds is 4. The molecule has 0 radical (unpaired) electrons. The Hall–Kier alpha value is -2.37. The Labute approximate surface area is 109 Å². The van der Waals surface area contributed by atoms with E-state index < -0.39 is 11.8 Å². The summed E-state index contributed by atoms with van der Waals surface area (Å²) in [7, 11) is 1.38. The van der Waals surface area contributed by atoms with Crippen molar-refractivity contribution in [1.82, 2.24) is 9.97 Å². The summed E-state index contributed by atoms with van der Waals surface area (Å²) >= 11 is 0. The number of benzene rings is 1. The van der Waals surface area contributed by atoms with E-state index in [9.17, 15) is 9.18 Å². The third kappa shape index (κ3) is 2.42. The Morgan fingerprint density at radius 1 is 1.53 bits per heavy atom. The molecule has 0 atom stereocenters. The molecule has 5 nitrogen and oxygen atoms in total. The quantitative estimate of drug-likeness (QED) is 0.889. The molecular weight excluding hydrogens is 251 g/mol. The molecule has 0 amide bonds. The number of aromatic nitrogens is 2. The monoisotopic (exact) mass is 264 g/mol. The second-order valence-electron chi connectivity index (χ2n) is 3.92. The van der Waals surface area contributed by atoms with Crippen molar-refractivity contribution in [1.29, 1.82) is 0 Å². The van der Waals surface area contributed by atoms with Crippen molar-refractivity contribution >= 4 is 5.97 Å². The first-order valence-corrected chi connectivity index (χ1v) is 5.72.